The first-order chi connectivity index (χ1) is 8.04. The first-order valence-electron chi connectivity index (χ1n) is 5.01. The molecule has 1 aromatic rings. The SMILES string of the molecule is COC(=O)C(C)CSc1ccc(C(N)=O)cn1. The molecule has 5 nitrogen and oxygen atoms in total. The molecule has 0 aromatic carbocycles. The molecule has 0 saturated carbocycles. The zero-order chi connectivity index (χ0) is 12.8. The number of hydrogen-bond donors (Lipinski definition) is 1. The minimum Gasteiger partial charge on any atom is -0.469 e. The molecule has 1 aromatic heterocycles. The number of thioether (sulfide) groups is 1. The van der Waals surface area contributed by atoms with E-state index in [0.717, 1.165) is 5.03 Å². The Hall–Kier alpha value is -1.56. The van der Waals surface area contributed by atoms with Gasteiger partial charge in [0.2, 0.25) is 5.91 Å². The molecule has 0 aliphatic carbocycles. The molecule has 1 heterocycles. The van der Waals surface area contributed by atoms with Crippen molar-refractivity contribution in [3.05, 3.63) is 23.9 Å². The number of nitrogens with zero attached hydrogens (tertiary/aromatic N) is 1. The zero-order valence-corrected chi connectivity index (χ0v) is 10.5. The molecular formula is C11H14N2O3S. The standard InChI is InChI=1S/C11H14N2O3S/c1-7(11(15)16-2)6-17-9-4-3-8(5-13-9)10(12)14/h3-5,7H,6H2,1-2H3,(H2,12,14). The fourth-order valence-corrected chi connectivity index (χ4v) is 1.94. The maximum Gasteiger partial charge on any atom is 0.309 e. The molecule has 0 aliphatic rings. The van der Waals surface area contributed by atoms with Gasteiger partial charge in [0.25, 0.3) is 0 Å². The first-order valence-corrected chi connectivity index (χ1v) is 5.99. The quantitative estimate of drug-likeness (QED) is 0.628. The van der Waals surface area contributed by atoms with Crippen LogP contribution < -0.4 is 5.73 Å². The van der Waals surface area contributed by atoms with E-state index in [4.69, 9.17) is 5.73 Å². The number of pyridine rings is 1. The molecule has 17 heavy (non-hydrogen) atoms. The number of methoxy groups -OCH3 is 1. The molecule has 0 aliphatic heterocycles. The summed E-state index contributed by atoms with van der Waals surface area (Å²) in [5.74, 6) is -0.360. The number of carbonyl (C=O) groups is 2. The number of amides is 1. The molecule has 0 radical (unpaired) electrons. The molecule has 0 bridgehead atoms. The van der Waals surface area contributed by atoms with E-state index in [0.29, 0.717) is 11.3 Å². The van der Waals surface area contributed by atoms with Crippen LogP contribution in [0.1, 0.15) is 17.3 Å². The van der Waals surface area contributed by atoms with Crippen molar-refractivity contribution in [2.75, 3.05) is 12.9 Å². The summed E-state index contributed by atoms with van der Waals surface area (Å²) in [5.41, 5.74) is 5.47. The van der Waals surface area contributed by atoms with E-state index in [1.165, 1.54) is 25.1 Å². The highest BCUT2D eigenvalue weighted by molar-refractivity contribution is 7.99. The summed E-state index contributed by atoms with van der Waals surface area (Å²) in [6.45, 7) is 1.79. The van der Waals surface area contributed by atoms with Crippen LogP contribution in [0.5, 0.6) is 0 Å². The largest absolute Gasteiger partial charge is 0.469 e. The zero-order valence-electron chi connectivity index (χ0n) is 9.67. The van der Waals surface area contributed by atoms with Crippen molar-refractivity contribution in [3.63, 3.8) is 0 Å². The lowest BCUT2D eigenvalue weighted by Gasteiger charge is -2.07. The van der Waals surface area contributed by atoms with Crippen LogP contribution in [-0.2, 0) is 9.53 Å². The van der Waals surface area contributed by atoms with Gasteiger partial charge in [0.15, 0.2) is 0 Å². The van der Waals surface area contributed by atoms with E-state index < -0.39 is 5.91 Å². The van der Waals surface area contributed by atoms with Crippen LogP contribution in [0.3, 0.4) is 0 Å². The van der Waals surface area contributed by atoms with E-state index in [9.17, 15) is 9.59 Å². The number of aromatic nitrogens is 1. The fraction of sp³-hybridized carbons (Fsp3) is 0.364. The monoisotopic (exact) mass is 254 g/mol. The second-order valence-electron chi connectivity index (χ2n) is 3.48. The maximum atomic E-state index is 11.2. The van der Waals surface area contributed by atoms with Crippen molar-refractivity contribution in [2.45, 2.75) is 11.9 Å². The van der Waals surface area contributed by atoms with Gasteiger partial charge in [-0.3, -0.25) is 9.59 Å². The maximum absolute atomic E-state index is 11.2. The lowest BCUT2D eigenvalue weighted by atomic mass is 10.2. The predicted octanol–water partition coefficient (Wildman–Crippen LogP) is 1.08. The summed E-state index contributed by atoms with van der Waals surface area (Å²) in [6.07, 6.45) is 1.42. The number of nitrogens with two attached hydrogens (primary N) is 1. The average Bonchev–Trinajstić information content (AvgIpc) is 2.35. The topological polar surface area (TPSA) is 82.3 Å². The molecule has 1 atom stereocenters. The number of rotatable bonds is 5. The van der Waals surface area contributed by atoms with E-state index in [-0.39, 0.29) is 11.9 Å². The summed E-state index contributed by atoms with van der Waals surface area (Å²) in [6, 6.07) is 3.31. The number of esters is 1. The Morgan fingerprint density at radius 2 is 2.24 bits per heavy atom. The van der Waals surface area contributed by atoms with Crippen molar-refractivity contribution >= 4 is 23.6 Å². The molecule has 1 unspecified atom stereocenters. The lowest BCUT2D eigenvalue weighted by Crippen LogP contribution is -2.15. The van der Waals surface area contributed by atoms with Gasteiger partial charge in [0, 0.05) is 11.9 Å². The highest BCUT2D eigenvalue weighted by atomic mass is 32.2. The van der Waals surface area contributed by atoms with Crippen LogP contribution in [0.15, 0.2) is 23.4 Å². The van der Waals surface area contributed by atoms with Gasteiger partial charge in [-0.2, -0.15) is 0 Å². The van der Waals surface area contributed by atoms with Crippen molar-refractivity contribution < 1.29 is 14.3 Å². The Morgan fingerprint density at radius 1 is 1.53 bits per heavy atom. The minimum absolute atomic E-state index is 0.192. The Labute approximate surface area is 104 Å². The Morgan fingerprint density at radius 3 is 2.71 bits per heavy atom. The Balaban J connectivity index is 2.53. The molecule has 6 heteroatoms. The minimum atomic E-state index is -0.503. The molecule has 0 spiro atoms. The number of primary amides is 1. The van der Waals surface area contributed by atoms with Crippen LogP contribution in [0.4, 0.5) is 0 Å². The van der Waals surface area contributed by atoms with Crippen molar-refractivity contribution in [1.29, 1.82) is 0 Å². The molecule has 1 rings (SSSR count). The van der Waals surface area contributed by atoms with Crippen LogP contribution in [0.2, 0.25) is 0 Å². The third kappa shape index (κ3) is 4.07. The number of hydrogen-bond acceptors (Lipinski definition) is 5. The van der Waals surface area contributed by atoms with Gasteiger partial charge in [-0.15, -0.1) is 11.8 Å². The summed E-state index contributed by atoms with van der Waals surface area (Å²) in [5, 5.41) is 0.741. The van der Waals surface area contributed by atoms with Gasteiger partial charge in [0.1, 0.15) is 0 Å². The van der Waals surface area contributed by atoms with Gasteiger partial charge in [-0.25, -0.2) is 4.98 Å². The molecule has 2 N–H and O–H groups in total. The summed E-state index contributed by atoms with van der Waals surface area (Å²) < 4.78 is 4.62. The predicted molar refractivity (Wildman–Crippen MR) is 64.7 cm³/mol. The summed E-state index contributed by atoms with van der Waals surface area (Å²) in [7, 11) is 1.36. The van der Waals surface area contributed by atoms with E-state index >= 15 is 0 Å². The molecule has 1 amide bonds. The Kier molecular flexibility index (Phi) is 4.96. The van der Waals surface area contributed by atoms with Crippen LogP contribution in [0.25, 0.3) is 0 Å². The molecule has 0 saturated heterocycles. The third-order valence-corrected chi connectivity index (χ3v) is 3.31. The summed E-state index contributed by atoms with van der Waals surface area (Å²) >= 11 is 1.43. The van der Waals surface area contributed by atoms with E-state index in [1.54, 1.807) is 19.1 Å². The average molecular weight is 254 g/mol. The van der Waals surface area contributed by atoms with Gasteiger partial charge in [0.05, 0.1) is 23.6 Å². The van der Waals surface area contributed by atoms with Crippen LogP contribution >= 0.6 is 11.8 Å². The smallest absolute Gasteiger partial charge is 0.309 e. The van der Waals surface area contributed by atoms with Crippen molar-refractivity contribution in [1.82, 2.24) is 4.98 Å². The van der Waals surface area contributed by atoms with E-state index in [1.807, 2.05) is 0 Å². The first kappa shape index (κ1) is 13.5. The highest BCUT2D eigenvalue weighted by Gasteiger charge is 2.13. The van der Waals surface area contributed by atoms with E-state index in [2.05, 4.69) is 9.72 Å². The van der Waals surface area contributed by atoms with Crippen LogP contribution in [-0.4, -0.2) is 29.7 Å². The normalized spacial score (nSPS) is 11.9. The number of ether oxygens (including phenoxy) is 1. The van der Waals surface area contributed by atoms with Gasteiger partial charge in [-0.1, -0.05) is 6.92 Å². The molecular weight excluding hydrogens is 240 g/mol. The summed E-state index contributed by atoms with van der Waals surface area (Å²) in [4.78, 5) is 26.0. The second-order valence-corrected chi connectivity index (χ2v) is 4.52. The third-order valence-electron chi connectivity index (χ3n) is 2.11. The van der Waals surface area contributed by atoms with Gasteiger partial charge >= 0.3 is 5.97 Å². The number of carbonyl (C=O) groups excluding carboxylic acids is 2. The Bertz CT molecular complexity index is 406. The van der Waals surface area contributed by atoms with Crippen molar-refractivity contribution in [3.8, 4) is 0 Å². The lowest BCUT2D eigenvalue weighted by molar-refractivity contribution is -0.143. The van der Waals surface area contributed by atoms with Gasteiger partial charge < -0.3 is 10.5 Å². The van der Waals surface area contributed by atoms with Crippen molar-refractivity contribution in [2.24, 2.45) is 11.7 Å². The molecule has 0 fully saturated rings. The highest BCUT2D eigenvalue weighted by Crippen LogP contribution is 2.19. The fourth-order valence-electron chi connectivity index (χ4n) is 1.09. The molecule has 92 valence electrons. The van der Waals surface area contributed by atoms with Gasteiger partial charge in [-0.05, 0) is 12.1 Å². The second kappa shape index (κ2) is 6.24. The van der Waals surface area contributed by atoms with Crippen LogP contribution in [0, 0.1) is 5.92 Å².